The molecule has 1 saturated heterocycles. The van der Waals surface area contributed by atoms with Crippen molar-refractivity contribution < 1.29 is 19.1 Å². The van der Waals surface area contributed by atoms with E-state index < -0.39 is 11.6 Å². The Morgan fingerprint density at radius 1 is 1.24 bits per heavy atom. The largest absolute Gasteiger partial charge is 0.473 e. The average Bonchev–Trinajstić information content (AvgIpc) is 2.62. The van der Waals surface area contributed by atoms with E-state index in [1.54, 1.807) is 34.9 Å². The summed E-state index contributed by atoms with van der Waals surface area (Å²) in [6.07, 6.45) is 0. The number of carbonyl (C=O) groups excluding carboxylic acids is 2. The van der Waals surface area contributed by atoms with Gasteiger partial charge in [-0.05, 0) is 23.8 Å². The Labute approximate surface area is 149 Å². The Morgan fingerprint density at radius 2 is 2.00 bits per heavy atom. The van der Waals surface area contributed by atoms with Crippen molar-refractivity contribution in [3.8, 4) is 5.75 Å². The van der Waals surface area contributed by atoms with Crippen LogP contribution in [0.15, 0.2) is 48.5 Å². The first-order chi connectivity index (χ1) is 12.1. The molecule has 6 heteroatoms. The molecule has 0 aliphatic carbocycles. The van der Waals surface area contributed by atoms with Crippen LogP contribution in [0, 0.1) is 0 Å². The van der Waals surface area contributed by atoms with Crippen LogP contribution < -0.4 is 9.64 Å². The molecule has 1 spiro atoms. The van der Waals surface area contributed by atoms with Gasteiger partial charge in [-0.25, -0.2) is 4.79 Å². The second-order valence-corrected chi connectivity index (χ2v) is 7.13. The van der Waals surface area contributed by atoms with E-state index in [1.165, 1.54) is 7.11 Å². The van der Waals surface area contributed by atoms with Gasteiger partial charge in [-0.1, -0.05) is 30.3 Å². The lowest BCUT2D eigenvalue weighted by Crippen LogP contribution is -2.63. The highest BCUT2D eigenvalue weighted by atomic mass is 32.2. The zero-order valence-electron chi connectivity index (χ0n) is 13.7. The molecule has 2 aromatic rings. The third-order valence-corrected chi connectivity index (χ3v) is 5.81. The molecule has 0 radical (unpaired) electrons. The normalized spacial score (nSPS) is 17.5. The first-order valence-corrected chi connectivity index (χ1v) is 9.13. The molecule has 2 aliphatic rings. The molecular weight excluding hydrogens is 338 g/mol. The summed E-state index contributed by atoms with van der Waals surface area (Å²) >= 11 is 1.69. The van der Waals surface area contributed by atoms with Gasteiger partial charge < -0.3 is 14.4 Å². The molecule has 0 aromatic heterocycles. The average molecular weight is 355 g/mol. The Morgan fingerprint density at radius 3 is 2.64 bits per heavy atom. The minimum Gasteiger partial charge on any atom is -0.473 e. The van der Waals surface area contributed by atoms with Crippen LogP contribution in [0.2, 0.25) is 0 Å². The molecule has 0 bridgehead atoms. The predicted molar refractivity (Wildman–Crippen MR) is 96.1 cm³/mol. The fourth-order valence-corrected chi connectivity index (χ4v) is 4.00. The first kappa shape index (κ1) is 16.0. The Bertz CT molecular complexity index is 833. The zero-order valence-corrected chi connectivity index (χ0v) is 14.5. The van der Waals surface area contributed by atoms with Crippen LogP contribution in [0.5, 0.6) is 5.75 Å². The van der Waals surface area contributed by atoms with E-state index in [2.05, 4.69) is 0 Å². The predicted octanol–water partition coefficient (Wildman–Crippen LogP) is 2.88. The molecule has 2 aliphatic heterocycles. The highest BCUT2D eigenvalue weighted by Gasteiger charge is 2.53. The number of hydrogen-bond acceptors (Lipinski definition) is 5. The van der Waals surface area contributed by atoms with Gasteiger partial charge in [-0.15, -0.1) is 0 Å². The standard InChI is InChI=1S/C19H17NO4S/c1-23-17(21)14-7-8-16-15(9-14)20(10-13-5-3-2-4-6-13)18(22)19(24-16)11-25-12-19/h2-9H,10-12H2,1H3. The summed E-state index contributed by atoms with van der Waals surface area (Å²) in [5, 5.41) is 0. The molecule has 0 saturated carbocycles. The number of rotatable bonds is 3. The van der Waals surface area contributed by atoms with Crippen molar-refractivity contribution in [3.63, 3.8) is 0 Å². The molecular formula is C19H17NO4S. The van der Waals surface area contributed by atoms with Gasteiger partial charge in [0.2, 0.25) is 5.60 Å². The molecule has 0 N–H and O–H groups in total. The number of anilines is 1. The number of hydrogen-bond donors (Lipinski definition) is 0. The van der Waals surface area contributed by atoms with E-state index >= 15 is 0 Å². The van der Waals surface area contributed by atoms with E-state index in [-0.39, 0.29) is 5.91 Å². The zero-order chi connectivity index (χ0) is 17.4. The minimum absolute atomic E-state index is 0.0513. The van der Waals surface area contributed by atoms with Crippen LogP contribution >= 0.6 is 11.8 Å². The molecule has 25 heavy (non-hydrogen) atoms. The van der Waals surface area contributed by atoms with E-state index in [0.717, 1.165) is 5.56 Å². The lowest BCUT2D eigenvalue weighted by atomic mass is 10.0. The summed E-state index contributed by atoms with van der Waals surface area (Å²) < 4.78 is 10.8. The number of benzene rings is 2. The number of fused-ring (bicyclic) bond motifs is 1. The van der Waals surface area contributed by atoms with Gasteiger partial charge in [-0.3, -0.25) is 4.79 Å². The lowest BCUT2D eigenvalue weighted by molar-refractivity contribution is -0.132. The van der Waals surface area contributed by atoms with E-state index in [1.807, 2.05) is 30.3 Å². The molecule has 0 unspecified atom stereocenters. The van der Waals surface area contributed by atoms with Crippen molar-refractivity contribution in [2.45, 2.75) is 12.1 Å². The molecule has 2 heterocycles. The fourth-order valence-electron chi connectivity index (χ4n) is 3.06. The van der Waals surface area contributed by atoms with Crippen molar-refractivity contribution >= 4 is 29.3 Å². The number of thioether (sulfide) groups is 1. The smallest absolute Gasteiger partial charge is 0.337 e. The molecule has 0 atom stereocenters. The van der Waals surface area contributed by atoms with Gasteiger partial charge in [0.1, 0.15) is 5.75 Å². The SMILES string of the molecule is COC(=O)c1ccc2c(c1)N(Cc1ccccc1)C(=O)C1(CSC1)O2. The summed E-state index contributed by atoms with van der Waals surface area (Å²) in [6.45, 7) is 0.438. The summed E-state index contributed by atoms with van der Waals surface area (Å²) in [6, 6.07) is 14.9. The van der Waals surface area contributed by atoms with Gasteiger partial charge in [0.25, 0.3) is 5.91 Å². The van der Waals surface area contributed by atoms with Crippen molar-refractivity contribution in [2.75, 3.05) is 23.5 Å². The maximum absolute atomic E-state index is 13.1. The molecule has 2 aromatic carbocycles. The maximum atomic E-state index is 13.1. The highest BCUT2D eigenvalue weighted by molar-refractivity contribution is 8.01. The first-order valence-electron chi connectivity index (χ1n) is 7.98. The lowest BCUT2D eigenvalue weighted by Gasteiger charge is -2.46. The summed E-state index contributed by atoms with van der Waals surface area (Å²) in [5.41, 5.74) is 1.25. The highest BCUT2D eigenvalue weighted by Crippen LogP contribution is 2.45. The van der Waals surface area contributed by atoms with Gasteiger partial charge in [0, 0.05) is 11.5 Å². The monoisotopic (exact) mass is 355 g/mol. The number of nitrogens with zero attached hydrogens (tertiary/aromatic N) is 1. The fraction of sp³-hybridized carbons (Fsp3) is 0.263. The van der Waals surface area contributed by atoms with Crippen molar-refractivity contribution in [1.82, 2.24) is 0 Å². The van der Waals surface area contributed by atoms with Crippen LogP contribution in [0.25, 0.3) is 0 Å². The molecule has 128 valence electrons. The number of esters is 1. The van der Waals surface area contributed by atoms with Gasteiger partial charge in [-0.2, -0.15) is 11.8 Å². The van der Waals surface area contributed by atoms with E-state index in [4.69, 9.17) is 9.47 Å². The van der Waals surface area contributed by atoms with Crippen LogP contribution in [0.3, 0.4) is 0 Å². The molecule has 1 fully saturated rings. The second-order valence-electron chi connectivity index (χ2n) is 6.14. The minimum atomic E-state index is -0.779. The Balaban J connectivity index is 1.77. The van der Waals surface area contributed by atoms with Gasteiger partial charge in [0.15, 0.2) is 0 Å². The van der Waals surface area contributed by atoms with Crippen LogP contribution in [-0.2, 0) is 16.1 Å². The van der Waals surface area contributed by atoms with Crippen molar-refractivity contribution in [2.24, 2.45) is 0 Å². The molecule has 5 nitrogen and oxygen atoms in total. The van der Waals surface area contributed by atoms with Crippen molar-refractivity contribution in [1.29, 1.82) is 0 Å². The van der Waals surface area contributed by atoms with Gasteiger partial charge in [0.05, 0.1) is 24.9 Å². The van der Waals surface area contributed by atoms with Crippen molar-refractivity contribution in [3.05, 3.63) is 59.7 Å². The van der Waals surface area contributed by atoms with E-state index in [9.17, 15) is 9.59 Å². The number of amides is 1. The Hall–Kier alpha value is -2.47. The summed E-state index contributed by atoms with van der Waals surface area (Å²) in [7, 11) is 1.34. The van der Waals surface area contributed by atoms with Crippen LogP contribution in [0.4, 0.5) is 5.69 Å². The maximum Gasteiger partial charge on any atom is 0.337 e. The van der Waals surface area contributed by atoms with Crippen LogP contribution in [-0.4, -0.2) is 36.1 Å². The number of ether oxygens (including phenoxy) is 2. The van der Waals surface area contributed by atoms with E-state index in [0.29, 0.717) is 35.1 Å². The second kappa shape index (κ2) is 6.11. The number of carbonyl (C=O) groups is 2. The molecule has 4 rings (SSSR count). The quantitative estimate of drug-likeness (QED) is 0.793. The van der Waals surface area contributed by atoms with Crippen LogP contribution in [0.1, 0.15) is 15.9 Å². The molecule has 1 amide bonds. The van der Waals surface area contributed by atoms with Gasteiger partial charge >= 0.3 is 5.97 Å². The summed E-state index contributed by atoms with van der Waals surface area (Å²) in [5.74, 6) is 1.44. The summed E-state index contributed by atoms with van der Waals surface area (Å²) in [4.78, 5) is 26.7. The third-order valence-electron chi connectivity index (χ3n) is 4.47. The topological polar surface area (TPSA) is 55.8 Å². The Kier molecular flexibility index (Phi) is 3.92. The third kappa shape index (κ3) is 2.66. The number of methoxy groups -OCH3 is 1.